The summed E-state index contributed by atoms with van der Waals surface area (Å²) >= 11 is 13.9. The zero-order valence-corrected chi connectivity index (χ0v) is 12.4. The van der Waals surface area contributed by atoms with E-state index in [1.807, 2.05) is 23.9 Å². The monoisotopic (exact) mass is 289 g/mol. The Hall–Kier alpha value is 0.110. The molecule has 0 radical (unpaired) electrons. The lowest BCUT2D eigenvalue weighted by atomic mass is 9.94. The van der Waals surface area contributed by atoms with E-state index in [1.165, 1.54) is 5.56 Å². The third kappa shape index (κ3) is 2.21. The lowest BCUT2D eigenvalue weighted by Crippen LogP contribution is -2.11. The molecule has 1 aromatic carbocycles. The third-order valence-electron chi connectivity index (χ3n) is 4.06. The molecule has 1 saturated carbocycles. The number of benzene rings is 1. The van der Waals surface area contributed by atoms with Gasteiger partial charge < -0.3 is 5.73 Å². The second-order valence-corrected chi connectivity index (χ2v) is 6.54. The molecule has 4 heteroatoms. The Morgan fingerprint density at radius 1 is 1.29 bits per heavy atom. The molecule has 94 valence electrons. The van der Waals surface area contributed by atoms with Gasteiger partial charge in [0.05, 0.1) is 10.0 Å². The number of halogens is 2. The first kappa shape index (κ1) is 13.5. The number of nitrogens with two attached hydrogens (primary N) is 1. The van der Waals surface area contributed by atoms with E-state index in [-0.39, 0.29) is 5.41 Å². The molecule has 0 spiro atoms. The summed E-state index contributed by atoms with van der Waals surface area (Å²) in [7, 11) is 0. The Bertz CT molecular complexity index is 424. The molecule has 2 rings (SSSR count). The summed E-state index contributed by atoms with van der Waals surface area (Å²) in [5.74, 6) is 2.37. The normalized spacial score (nSPS) is 31.6. The van der Waals surface area contributed by atoms with Gasteiger partial charge in [-0.2, -0.15) is 11.8 Å². The minimum Gasteiger partial charge on any atom is -0.330 e. The first-order valence-electron chi connectivity index (χ1n) is 5.70. The van der Waals surface area contributed by atoms with Crippen molar-refractivity contribution in [3.05, 3.63) is 33.8 Å². The SMILES string of the molecule is CSC[C@H]1[C@H](CN)[C@@]1(C)c1ccc(Cl)c(Cl)c1. The Kier molecular flexibility index (Phi) is 3.99. The van der Waals surface area contributed by atoms with Crippen LogP contribution in [0.25, 0.3) is 0 Å². The number of hydrogen-bond donors (Lipinski definition) is 1. The summed E-state index contributed by atoms with van der Waals surface area (Å²) in [5, 5.41) is 1.25. The number of thioether (sulfide) groups is 1. The van der Waals surface area contributed by atoms with Gasteiger partial charge in [-0.3, -0.25) is 0 Å². The van der Waals surface area contributed by atoms with Crippen molar-refractivity contribution in [1.82, 2.24) is 0 Å². The first-order valence-corrected chi connectivity index (χ1v) is 7.85. The Morgan fingerprint density at radius 2 is 2.00 bits per heavy atom. The van der Waals surface area contributed by atoms with E-state index in [2.05, 4.69) is 19.2 Å². The third-order valence-corrected chi connectivity index (χ3v) is 5.49. The van der Waals surface area contributed by atoms with Gasteiger partial charge in [0, 0.05) is 5.41 Å². The van der Waals surface area contributed by atoms with E-state index in [0.29, 0.717) is 21.9 Å². The zero-order chi connectivity index (χ0) is 12.6. The van der Waals surface area contributed by atoms with Crippen molar-refractivity contribution in [2.45, 2.75) is 12.3 Å². The molecule has 1 nitrogen and oxygen atoms in total. The summed E-state index contributed by atoms with van der Waals surface area (Å²) in [4.78, 5) is 0. The highest BCUT2D eigenvalue weighted by molar-refractivity contribution is 7.98. The Morgan fingerprint density at radius 3 is 2.53 bits per heavy atom. The van der Waals surface area contributed by atoms with Crippen LogP contribution in [0, 0.1) is 11.8 Å². The van der Waals surface area contributed by atoms with Crippen LogP contribution in [0.2, 0.25) is 10.0 Å². The van der Waals surface area contributed by atoms with Crippen LogP contribution in [0.5, 0.6) is 0 Å². The molecule has 1 aromatic rings. The molecular formula is C13H17Cl2NS. The van der Waals surface area contributed by atoms with E-state index < -0.39 is 0 Å². The van der Waals surface area contributed by atoms with Crippen LogP contribution in [-0.2, 0) is 5.41 Å². The highest BCUT2D eigenvalue weighted by Crippen LogP contribution is 2.60. The number of rotatable bonds is 4. The minimum absolute atomic E-state index is 0.173. The fourth-order valence-corrected chi connectivity index (χ4v) is 4.07. The van der Waals surface area contributed by atoms with E-state index >= 15 is 0 Å². The molecule has 1 aliphatic rings. The summed E-state index contributed by atoms with van der Waals surface area (Å²) < 4.78 is 0. The summed E-state index contributed by atoms with van der Waals surface area (Å²) in [6.45, 7) is 3.02. The second-order valence-electron chi connectivity index (χ2n) is 4.82. The van der Waals surface area contributed by atoms with Crippen molar-refractivity contribution in [2.24, 2.45) is 17.6 Å². The van der Waals surface area contributed by atoms with Crippen LogP contribution in [-0.4, -0.2) is 18.6 Å². The molecule has 2 N–H and O–H groups in total. The lowest BCUT2D eigenvalue weighted by molar-refractivity contribution is 0.661. The quantitative estimate of drug-likeness (QED) is 0.912. The van der Waals surface area contributed by atoms with Crippen molar-refractivity contribution >= 4 is 35.0 Å². The van der Waals surface area contributed by atoms with Gasteiger partial charge >= 0.3 is 0 Å². The van der Waals surface area contributed by atoms with Gasteiger partial charge in [-0.15, -0.1) is 0 Å². The average Bonchev–Trinajstić information content (AvgIpc) is 2.89. The van der Waals surface area contributed by atoms with Crippen LogP contribution in [0.1, 0.15) is 12.5 Å². The van der Waals surface area contributed by atoms with Gasteiger partial charge in [0.2, 0.25) is 0 Å². The molecule has 0 aliphatic heterocycles. The highest BCUT2D eigenvalue weighted by atomic mass is 35.5. The molecule has 1 fully saturated rings. The summed E-state index contributed by atoms with van der Waals surface area (Å²) in [6, 6.07) is 5.95. The van der Waals surface area contributed by atoms with E-state index in [1.54, 1.807) is 0 Å². The van der Waals surface area contributed by atoms with Crippen LogP contribution < -0.4 is 5.73 Å². The van der Waals surface area contributed by atoms with Crippen LogP contribution in [0.15, 0.2) is 18.2 Å². The molecule has 3 atom stereocenters. The van der Waals surface area contributed by atoms with Crippen molar-refractivity contribution in [1.29, 1.82) is 0 Å². The maximum Gasteiger partial charge on any atom is 0.0595 e. The Labute approximate surface area is 117 Å². The molecule has 17 heavy (non-hydrogen) atoms. The maximum absolute atomic E-state index is 6.09. The molecule has 0 saturated heterocycles. The molecular weight excluding hydrogens is 273 g/mol. The molecule has 0 heterocycles. The average molecular weight is 290 g/mol. The predicted octanol–water partition coefficient (Wildman–Crippen LogP) is 3.82. The Balaban J connectivity index is 2.29. The predicted molar refractivity (Wildman–Crippen MR) is 78.2 cm³/mol. The fourth-order valence-electron chi connectivity index (χ4n) is 2.84. The van der Waals surface area contributed by atoms with E-state index in [9.17, 15) is 0 Å². The van der Waals surface area contributed by atoms with E-state index in [4.69, 9.17) is 28.9 Å². The van der Waals surface area contributed by atoms with Crippen LogP contribution in [0.4, 0.5) is 0 Å². The molecule has 1 aliphatic carbocycles. The van der Waals surface area contributed by atoms with Crippen LogP contribution >= 0.6 is 35.0 Å². The standard InChI is InChI=1S/C13H17Cl2NS/c1-13(9(6-16)10(13)7-17-2)8-3-4-11(14)12(15)5-8/h3-5,9-10H,6-7,16H2,1-2H3/t9-,10-,13+/m0/s1. The highest BCUT2D eigenvalue weighted by Gasteiger charge is 2.60. The molecule has 0 aromatic heterocycles. The zero-order valence-electron chi connectivity index (χ0n) is 10.0. The molecule has 0 unspecified atom stereocenters. The smallest absolute Gasteiger partial charge is 0.0595 e. The van der Waals surface area contributed by atoms with Gasteiger partial charge in [0.1, 0.15) is 0 Å². The molecule has 0 amide bonds. The van der Waals surface area contributed by atoms with Gasteiger partial charge in [-0.1, -0.05) is 36.2 Å². The van der Waals surface area contributed by atoms with Crippen molar-refractivity contribution < 1.29 is 0 Å². The summed E-state index contributed by atoms with van der Waals surface area (Å²) in [6.07, 6.45) is 2.14. The van der Waals surface area contributed by atoms with Gasteiger partial charge in [-0.05, 0) is 48.1 Å². The lowest BCUT2D eigenvalue weighted by Gasteiger charge is -2.13. The van der Waals surface area contributed by atoms with E-state index in [0.717, 1.165) is 12.3 Å². The van der Waals surface area contributed by atoms with Crippen molar-refractivity contribution in [3.63, 3.8) is 0 Å². The van der Waals surface area contributed by atoms with Crippen molar-refractivity contribution in [2.75, 3.05) is 18.6 Å². The van der Waals surface area contributed by atoms with Gasteiger partial charge in [0.15, 0.2) is 0 Å². The van der Waals surface area contributed by atoms with Crippen LogP contribution in [0.3, 0.4) is 0 Å². The minimum atomic E-state index is 0.173. The van der Waals surface area contributed by atoms with Gasteiger partial charge in [0.25, 0.3) is 0 Å². The topological polar surface area (TPSA) is 26.0 Å². The second kappa shape index (κ2) is 5.00. The summed E-state index contributed by atoms with van der Waals surface area (Å²) in [5.41, 5.74) is 7.30. The largest absolute Gasteiger partial charge is 0.330 e. The first-order chi connectivity index (χ1) is 8.05. The fraction of sp³-hybridized carbons (Fsp3) is 0.538. The molecule has 0 bridgehead atoms. The van der Waals surface area contributed by atoms with Gasteiger partial charge in [-0.25, -0.2) is 0 Å². The number of hydrogen-bond acceptors (Lipinski definition) is 2. The maximum atomic E-state index is 6.09. The van der Waals surface area contributed by atoms with Crippen molar-refractivity contribution in [3.8, 4) is 0 Å².